The average molecular weight is 473 g/mol. The Morgan fingerprint density at radius 3 is 2.57 bits per heavy atom. The quantitative estimate of drug-likeness (QED) is 0.456. The fraction of sp³-hybridized carbons (Fsp3) is 0.250. The first kappa shape index (κ1) is 24.0. The van der Waals surface area contributed by atoms with Crippen LogP contribution in [0.5, 0.6) is 11.5 Å². The molecule has 0 spiro atoms. The van der Waals surface area contributed by atoms with Crippen LogP contribution in [0.1, 0.15) is 34.3 Å². The molecule has 7 nitrogen and oxygen atoms in total. The van der Waals surface area contributed by atoms with Gasteiger partial charge >= 0.3 is 0 Å². The molecule has 3 aromatic carbocycles. The molecule has 0 saturated carbocycles. The van der Waals surface area contributed by atoms with Crippen molar-refractivity contribution in [3.8, 4) is 11.5 Å². The van der Waals surface area contributed by atoms with Gasteiger partial charge in [-0.15, -0.1) is 0 Å². The van der Waals surface area contributed by atoms with Crippen LogP contribution in [0.25, 0.3) is 0 Å². The number of aryl methyl sites for hydroxylation is 2. The first-order valence-corrected chi connectivity index (χ1v) is 11.6. The number of hydrogen-bond acceptors (Lipinski definition) is 5. The van der Waals surface area contributed by atoms with E-state index in [9.17, 15) is 14.4 Å². The molecule has 180 valence electrons. The number of carbonyl (C=O) groups is 3. The molecule has 0 bridgehead atoms. The smallest absolute Gasteiger partial charge is 0.265 e. The van der Waals surface area contributed by atoms with Crippen LogP contribution in [0.2, 0.25) is 0 Å². The molecule has 0 aliphatic carbocycles. The van der Waals surface area contributed by atoms with Crippen molar-refractivity contribution in [3.05, 3.63) is 83.4 Å². The van der Waals surface area contributed by atoms with Crippen molar-refractivity contribution in [2.75, 3.05) is 30.0 Å². The Hall–Kier alpha value is -4.13. The Bertz CT molecular complexity index is 1240. The van der Waals surface area contributed by atoms with Crippen LogP contribution in [0.4, 0.5) is 11.4 Å². The zero-order valence-electron chi connectivity index (χ0n) is 19.9. The van der Waals surface area contributed by atoms with Gasteiger partial charge in [0.05, 0.1) is 5.69 Å². The summed E-state index contributed by atoms with van der Waals surface area (Å²) in [5.74, 6) is 0.631. The lowest BCUT2D eigenvalue weighted by Gasteiger charge is -2.29. The van der Waals surface area contributed by atoms with Crippen LogP contribution in [0, 0.1) is 13.8 Å². The molecule has 1 aliphatic rings. The van der Waals surface area contributed by atoms with Crippen LogP contribution in [0.15, 0.2) is 66.7 Å². The van der Waals surface area contributed by atoms with Gasteiger partial charge in [-0.05, 0) is 73.9 Å². The number of nitrogens with zero attached hydrogens (tertiary/aromatic N) is 1. The largest absolute Gasteiger partial charge is 0.485 e. The molecule has 0 unspecified atom stereocenters. The lowest BCUT2D eigenvalue weighted by Crippen LogP contribution is -2.39. The van der Waals surface area contributed by atoms with E-state index in [0.29, 0.717) is 35.7 Å². The summed E-state index contributed by atoms with van der Waals surface area (Å²) in [7, 11) is 0. The number of rotatable bonds is 9. The monoisotopic (exact) mass is 472 g/mol. The Morgan fingerprint density at radius 1 is 1.00 bits per heavy atom. The number of para-hydroxylation sites is 1. The molecule has 0 atom stereocenters. The number of fused-ring (bicyclic) bond motifs is 1. The third kappa shape index (κ3) is 6.06. The van der Waals surface area contributed by atoms with Crippen molar-refractivity contribution in [2.24, 2.45) is 0 Å². The minimum absolute atomic E-state index is 0.0770. The number of ketones is 1. The summed E-state index contributed by atoms with van der Waals surface area (Å²) >= 11 is 0. The lowest BCUT2D eigenvalue weighted by atomic mass is 10.1. The van der Waals surface area contributed by atoms with Gasteiger partial charge < -0.3 is 19.7 Å². The molecule has 7 heteroatoms. The molecule has 4 rings (SSSR count). The molecular formula is C28H28N2O5. The molecule has 1 heterocycles. The first-order valence-electron chi connectivity index (χ1n) is 11.6. The predicted molar refractivity (Wildman–Crippen MR) is 134 cm³/mol. The highest BCUT2D eigenvalue weighted by Crippen LogP contribution is 2.33. The molecule has 2 amide bonds. The van der Waals surface area contributed by atoms with Gasteiger partial charge in [0.2, 0.25) is 5.91 Å². The van der Waals surface area contributed by atoms with E-state index in [1.54, 1.807) is 23.1 Å². The summed E-state index contributed by atoms with van der Waals surface area (Å²) in [5.41, 5.74) is 3.93. The zero-order valence-corrected chi connectivity index (χ0v) is 19.9. The summed E-state index contributed by atoms with van der Waals surface area (Å²) < 4.78 is 11.2. The number of nitrogens with one attached hydrogen (secondary N) is 1. The molecule has 0 radical (unpaired) electrons. The molecule has 3 aromatic rings. The van der Waals surface area contributed by atoms with E-state index in [1.807, 2.05) is 62.4 Å². The summed E-state index contributed by atoms with van der Waals surface area (Å²) in [4.78, 5) is 39.2. The van der Waals surface area contributed by atoms with E-state index in [4.69, 9.17) is 9.47 Å². The molecule has 1 N–H and O–H groups in total. The van der Waals surface area contributed by atoms with Gasteiger partial charge in [0, 0.05) is 24.2 Å². The maximum atomic E-state index is 12.8. The second-order valence-electron chi connectivity index (χ2n) is 8.49. The van der Waals surface area contributed by atoms with E-state index in [2.05, 4.69) is 5.32 Å². The fourth-order valence-electron chi connectivity index (χ4n) is 3.80. The number of carbonyl (C=O) groups excluding carboxylic acids is 3. The third-order valence-corrected chi connectivity index (χ3v) is 5.92. The molecule has 0 fully saturated rings. The van der Waals surface area contributed by atoms with Crippen molar-refractivity contribution >= 4 is 29.0 Å². The third-order valence-electron chi connectivity index (χ3n) is 5.92. The minimum Gasteiger partial charge on any atom is -0.485 e. The topological polar surface area (TPSA) is 84.9 Å². The average Bonchev–Trinajstić information content (AvgIpc) is 2.86. The molecular weight excluding hydrogens is 444 g/mol. The summed E-state index contributed by atoms with van der Waals surface area (Å²) in [5, 5.41) is 2.84. The van der Waals surface area contributed by atoms with Crippen molar-refractivity contribution < 1.29 is 23.9 Å². The van der Waals surface area contributed by atoms with Gasteiger partial charge in [0.15, 0.2) is 19.0 Å². The number of Topliss-reactive ketones (excluding diaryl/α,β-unsaturated/α-hetero) is 1. The van der Waals surface area contributed by atoms with Crippen LogP contribution < -0.4 is 19.7 Å². The summed E-state index contributed by atoms with van der Waals surface area (Å²) in [6, 6.07) is 19.9. The number of hydrogen-bond donors (Lipinski definition) is 1. The van der Waals surface area contributed by atoms with Crippen molar-refractivity contribution in [3.63, 3.8) is 0 Å². The second-order valence-corrected chi connectivity index (χ2v) is 8.49. The molecule has 1 aliphatic heterocycles. The van der Waals surface area contributed by atoms with Gasteiger partial charge in [0.25, 0.3) is 5.91 Å². The van der Waals surface area contributed by atoms with Crippen LogP contribution in [-0.2, 0) is 9.59 Å². The normalized spacial score (nSPS) is 12.5. The Labute approximate surface area is 204 Å². The minimum atomic E-state index is -0.211. The van der Waals surface area contributed by atoms with Gasteiger partial charge in [-0.2, -0.15) is 0 Å². The predicted octanol–water partition coefficient (Wildman–Crippen LogP) is 4.71. The molecule has 0 aromatic heterocycles. The van der Waals surface area contributed by atoms with Gasteiger partial charge in [-0.25, -0.2) is 0 Å². The highest BCUT2D eigenvalue weighted by molar-refractivity contribution is 6.02. The molecule has 35 heavy (non-hydrogen) atoms. The number of anilines is 2. The summed E-state index contributed by atoms with van der Waals surface area (Å²) in [6.45, 7) is 4.16. The number of ether oxygens (including phenoxy) is 2. The summed E-state index contributed by atoms with van der Waals surface area (Å²) in [6.07, 6.45) is 0.731. The fourth-order valence-corrected chi connectivity index (χ4v) is 3.80. The van der Waals surface area contributed by atoms with Crippen LogP contribution >= 0.6 is 0 Å². The maximum absolute atomic E-state index is 12.8. The zero-order chi connectivity index (χ0) is 24.8. The van der Waals surface area contributed by atoms with Gasteiger partial charge in [-0.3, -0.25) is 14.4 Å². The Kier molecular flexibility index (Phi) is 7.45. The van der Waals surface area contributed by atoms with Crippen LogP contribution in [-0.4, -0.2) is 37.4 Å². The van der Waals surface area contributed by atoms with Crippen molar-refractivity contribution in [1.29, 1.82) is 0 Å². The van der Waals surface area contributed by atoms with E-state index < -0.39 is 0 Å². The van der Waals surface area contributed by atoms with E-state index in [-0.39, 0.29) is 37.2 Å². The van der Waals surface area contributed by atoms with Gasteiger partial charge in [-0.1, -0.05) is 24.3 Å². The van der Waals surface area contributed by atoms with Gasteiger partial charge in [0.1, 0.15) is 11.5 Å². The number of amides is 2. The lowest BCUT2D eigenvalue weighted by molar-refractivity contribution is -0.121. The van der Waals surface area contributed by atoms with E-state index in [1.165, 1.54) is 0 Å². The SMILES string of the molecule is Cc1ccc(OCC(=O)c2ccc3c(c2)N(CCCC(=O)Nc2ccccc2)C(=O)CO3)cc1C. The van der Waals surface area contributed by atoms with Crippen LogP contribution in [0.3, 0.4) is 0 Å². The Morgan fingerprint density at radius 2 is 1.80 bits per heavy atom. The van der Waals surface area contributed by atoms with Crippen molar-refractivity contribution in [1.82, 2.24) is 0 Å². The highest BCUT2D eigenvalue weighted by Gasteiger charge is 2.26. The Balaban J connectivity index is 1.38. The van der Waals surface area contributed by atoms with Crippen molar-refractivity contribution in [2.45, 2.75) is 26.7 Å². The first-order chi connectivity index (χ1) is 16.9. The second kappa shape index (κ2) is 10.9. The van der Waals surface area contributed by atoms with E-state index in [0.717, 1.165) is 16.8 Å². The standard InChI is InChI=1S/C28H28N2O5/c1-19-10-12-23(15-20(19)2)34-17-25(31)21-11-13-26-24(16-21)30(28(33)18-35-26)14-6-9-27(32)29-22-7-4-3-5-8-22/h3-5,7-8,10-13,15-16H,6,9,14,17-18H2,1-2H3,(H,29,32). The maximum Gasteiger partial charge on any atom is 0.265 e. The number of benzene rings is 3. The van der Waals surface area contributed by atoms with E-state index >= 15 is 0 Å². The molecule has 0 saturated heterocycles. The highest BCUT2D eigenvalue weighted by atomic mass is 16.5.